The van der Waals surface area contributed by atoms with Gasteiger partial charge < -0.3 is 100 Å². The summed E-state index contributed by atoms with van der Waals surface area (Å²) in [7, 11) is 0. The average Bonchev–Trinajstić information content (AvgIpc) is 0.755. The Labute approximate surface area is 632 Å². The van der Waals surface area contributed by atoms with E-state index in [9.17, 15) is 75.7 Å². The molecule has 14 N–H and O–H groups in total. The first-order valence-corrected chi connectivity index (χ1v) is 42.5. The molecule has 0 aromatic carbocycles. The van der Waals surface area contributed by atoms with E-state index in [2.05, 4.69) is 36.6 Å². The van der Waals surface area contributed by atoms with Crippen molar-refractivity contribution in [2.75, 3.05) is 26.4 Å². The molecule has 3 rings (SSSR count). The van der Waals surface area contributed by atoms with Crippen molar-refractivity contribution in [3.63, 3.8) is 0 Å². The van der Waals surface area contributed by atoms with E-state index in [1.54, 1.807) is 0 Å². The number of carboxylic acid groups (broad SMARTS) is 1. The highest BCUT2D eigenvalue weighted by Crippen LogP contribution is 2.39. The van der Waals surface area contributed by atoms with Crippen molar-refractivity contribution >= 4 is 17.8 Å². The second kappa shape index (κ2) is 61.1. The Morgan fingerprint density at radius 1 is 0.486 bits per heavy atom. The quantitative estimate of drug-likeness (QED) is 0.0199. The van der Waals surface area contributed by atoms with Crippen LogP contribution in [0.2, 0.25) is 0 Å². The van der Waals surface area contributed by atoms with Crippen LogP contribution in [0.5, 0.6) is 0 Å². The van der Waals surface area contributed by atoms with E-state index in [0.717, 1.165) is 58.3 Å². The van der Waals surface area contributed by atoms with E-state index in [1.807, 2.05) is 0 Å². The predicted molar refractivity (Wildman–Crippen MR) is 408 cm³/mol. The zero-order valence-corrected chi connectivity index (χ0v) is 65.6. The molecule has 3 aliphatic rings. The second-order valence-electron chi connectivity index (χ2n) is 31.0. The topological polar surface area (TPSA) is 373 Å². The maximum atomic E-state index is 13.6. The number of carbonyl (C=O) groups is 3. The molecule has 105 heavy (non-hydrogen) atoms. The van der Waals surface area contributed by atoms with Gasteiger partial charge in [-0.25, -0.2) is 4.79 Å². The largest absolute Gasteiger partial charge is 0.477 e. The fourth-order valence-corrected chi connectivity index (χ4v) is 15.0. The molecule has 618 valence electrons. The molecule has 0 spiro atoms. The Bertz CT molecular complexity index is 2140. The van der Waals surface area contributed by atoms with E-state index in [1.165, 1.54) is 250 Å². The summed E-state index contributed by atoms with van der Waals surface area (Å²) in [5.74, 6) is -6.09. The third-order valence-corrected chi connectivity index (χ3v) is 21.7. The smallest absolute Gasteiger partial charge is 0.364 e. The Morgan fingerprint density at radius 3 is 1.29 bits per heavy atom. The average molecular weight is 1500 g/mol. The van der Waals surface area contributed by atoms with Gasteiger partial charge in [-0.05, 0) is 38.5 Å². The minimum atomic E-state index is -3.08. The van der Waals surface area contributed by atoms with Gasteiger partial charge in [0.25, 0.3) is 5.79 Å². The monoisotopic (exact) mass is 1500 g/mol. The lowest BCUT2D eigenvalue weighted by atomic mass is 9.88. The maximum Gasteiger partial charge on any atom is 0.364 e. The minimum absolute atomic E-state index is 0.228. The number of aliphatic hydroxyl groups is 11. The second-order valence-corrected chi connectivity index (χ2v) is 31.0. The molecule has 0 aromatic heterocycles. The lowest BCUT2D eigenvalue weighted by molar-refractivity contribution is -0.386. The fourth-order valence-electron chi connectivity index (χ4n) is 15.0. The summed E-state index contributed by atoms with van der Waals surface area (Å²) in [6.07, 6.45) is 37.9. The third-order valence-electron chi connectivity index (χ3n) is 21.7. The first kappa shape index (κ1) is 96.7. The molecule has 18 unspecified atom stereocenters. The number of ether oxygens (including phenoxy) is 6. The number of hydrogen-bond donors (Lipinski definition) is 14. The van der Waals surface area contributed by atoms with Crippen LogP contribution in [-0.2, 0) is 42.8 Å². The van der Waals surface area contributed by atoms with E-state index in [0.29, 0.717) is 19.3 Å². The molecule has 3 fully saturated rings. The first-order chi connectivity index (χ1) is 50.9. The van der Waals surface area contributed by atoms with Crippen molar-refractivity contribution < 1.29 is 104 Å². The number of aliphatic hydroxyl groups excluding tert-OH is 11. The van der Waals surface area contributed by atoms with Gasteiger partial charge in [-0.15, -0.1) is 0 Å². The molecule has 23 nitrogen and oxygen atoms in total. The first-order valence-electron chi connectivity index (χ1n) is 42.5. The molecule has 3 saturated heterocycles. The Balaban J connectivity index is 1.45. The molecule has 3 aliphatic heterocycles. The highest BCUT2D eigenvalue weighted by molar-refractivity contribution is 5.77. The van der Waals surface area contributed by atoms with Crippen LogP contribution in [0.25, 0.3) is 0 Å². The molecular weight excluding hydrogens is 1350 g/mol. The number of nitrogens with one attached hydrogen (secondary N) is 2. The van der Waals surface area contributed by atoms with Gasteiger partial charge >= 0.3 is 5.97 Å². The molecule has 18 atom stereocenters. The number of unbranched alkanes of at least 4 members (excludes halogenated alkanes) is 46. The highest BCUT2D eigenvalue weighted by atomic mass is 16.8. The van der Waals surface area contributed by atoms with Crippen LogP contribution >= 0.6 is 0 Å². The number of allylic oxidation sites excluding steroid dienone is 2. The van der Waals surface area contributed by atoms with Gasteiger partial charge in [0.2, 0.25) is 11.8 Å². The van der Waals surface area contributed by atoms with Crippen molar-refractivity contribution in [3.05, 3.63) is 12.2 Å². The van der Waals surface area contributed by atoms with Crippen molar-refractivity contribution in [1.82, 2.24) is 10.6 Å². The molecule has 0 radical (unpaired) electrons. The van der Waals surface area contributed by atoms with Gasteiger partial charge in [0, 0.05) is 19.8 Å². The van der Waals surface area contributed by atoms with Gasteiger partial charge in [0.1, 0.15) is 67.1 Å². The zero-order chi connectivity index (χ0) is 76.7. The van der Waals surface area contributed by atoms with Crippen LogP contribution in [0.3, 0.4) is 0 Å². The van der Waals surface area contributed by atoms with Crippen LogP contribution in [0.1, 0.15) is 355 Å². The van der Waals surface area contributed by atoms with Gasteiger partial charge in [0.05, 0.1) is 50.7 Å². The Morgan fingerprint density at radius 2 is 0.886 bits per heavy atom. The minimum Gasteiger partial charge on any atom is -0.477 e. The predicted octanol–water partition coefficient (Wildman–Crippen LogP) is 12.1. The SMILES string of the molecule is CCCCCCCCCCCCCC/C=C\CCCCCCCCCCCCCCCCCCCC(=O)NC(COC1OC(CO)C(OC2OC(CO)C(O)C(OC3(C(=O)O)CC(O)C(NC(C)=O)C(C(O)C(O)CO)O3)C2O)C(O)C1O)C(O)CCCCCCCCCCCCCCCCCCCC. The van der Waals surface area contributed by atoms with Crippen LogP contribution in [-0.4, -0.2) is 215 Å². The summed E-state index contributed by atoms with van der Waals surface area (Å²) in [5.41, 5.74) is 0. The van der Waals surface area contributed by atoms with Crippen molar-refractivity contribution in [1.29, 1.82) is 0 Å². The van der Waals surface area contributed by atoms with E-state index < -0.39 is 148 Å². The number of aliphatic carboxylic acids is 1. The number of carboxylic acids is 1. The summed E-state index contributed by atoms with van der Waals surface area (Å²) >= 11 is 0. The third kappa shape index (κ3) is 41.0. The van der Waals surface area contributed by atoms with Crippen LogP contribution in [0.15, 0.2) is 12.2 Å². The molecule has 0 aliphatic carbocycles. The Kier molecular flexibility index (Phi) is 56.3. The lowest BCUT2D eigenvalue weighted by Gasteiger charge is -2.50. The maximum absolute atomic E-state index is 13.6. The van der Waals surface area contributed by atoms with Gasteiger partial charge in [-0.1, -0.05) is 309 Å². The van der Waals surface area contributed by atoms with E-state index in [-0.39, 0.29) is 18.9 Å². The van der Waals surface area contributed by atoms with Crippen molar-refractivity contribution in [3.8, 4) is 0 Å². The molecule has 2 amide bonds. The summed E-state index contributed by atoms with van der Waals surface area (Å²) in [6.45, 7) is 2.27. The van der Waals surface area contributed by atoms with Gasteiger partial charge in [0.15, 0.2) is 12.6 Å². The van der Waals surface area contributed by atoms with Crippen molar-refractivity contribution in [2.24, 2.45) is 0 Å². The summed E-state index contributed by atoms with van der Waals surface area (Å²) < 4.78 is 35.0. The van der Waals surface area contributed by atoms with Gasteiger partial charge in [-0.2, -0.15) is 0 Å². The summed E-state index contributed by atoms with van der Waals surface area (Å²) in [5, 5.41) is 137. The molecule has 0 aromatic rings. The normalized spacial score (nSPS) is 26.2. The molecule has 0 saturated carbocycles. The molecular formula is C82H154N2O21. The van der Waals surface area contributed by atoms with Crippen LogP contribution in [0.4, 0.5) is 0 Å². The number of rotatable bonds is 68. The number of hydrogen-bond acceptors (Lipinski definition) is 20. The van der Waals surface area contributed by atoms with E-state index >= 15 is 0 Å². The molecule has 3 heterocycles. The summed E-state index contributed by atoms with van der Waals surface area (Å²) in [4.78, 5) is 38.7. The molecule has 23 heteroatoms. The van der Waals surface area contributed by atoms with Crippen LogP contribution in [0, 0.1) is 0 Å². The summed E-state index contributed by atoms with van der Waals surface area (Å²) in [6, 6.07) is -2.53. The van der Waals surface area contributed by atoms with Crippen LogP contribution < -0.4 is 10.6 Å². The number of carbonyl (C=O) groups excluding carboxylic acids is 2. The number of amides is 2. The van der Waals surface area contributed by atoms with Crippen molar-refractivity contribution in [2.45, 2.75) is 464 Å². The lowest BCUT2D eigenvalue weighted by Crippen LogP contribution is -2.70. The van der Waals surface area contributed by atoms with E-state index in [4.69, 9.17) is 28.4 Å². The highest BCUT2D eigenvalue weighted by Gasteiger charge is 2.60. The zero-order valence-electron chi connectivity index (χ0n) is 65.6. The van der Waals surface area contributed by atoms with Gasteiger partial charge in [-0.3, -0.25) is 9.59 Å². The standard InChI is InChI=1S/C82H154N2O21/c1-4-6-8-10-12-14-16-18-20-22-24-25-26-27-28-29-30-31-32-33-34-35-36-37-38-40-42-44-46-48-50-52-54-56-69(92)84-63(64(89)55-53-51-49-47-45-43-41-39-23-21-19-17-15-13-11-9-7-5-2)61-100-79-74(96)73(95)76(68(60-87)102-79)103-80-75(97)78(72(94)67(59-86)101-80)105-82(81(98)99)57-65(90)70(83-62(3)88)77(104-82)71(93)66(91)58-85/h27-28,63-68,70-80,85-87,89-91,93-97H,4-26,29-61H2,1-3H3,(H,83,88)(H,84,92)(H,98,99)/b28-27-. The Hall–Kier alpha value is -2.53. The fraction of sp³-hybridized carbons (Fsp3) is 0.939. The molecule has 0 bridgehead atoms.